The molecule has 0 bridgehead atoms. The molecule has 2 nitrogen and oxygen atoms in total. The molecule has 0 saturated heterocycles. The van der Waals surface area contributed by atoms with Gasteiger partial charge in [0.1, 0.15) is 0 Å². The van der Waals surface area contributed by atoms with E-state index in [0.717, 1.165) is 12.3 Å². The van der Waals surface area contributed by atoms with Crippen molar-refractivity contribution in [2.75, 3.05) is 11.5 Å². The highest BCUT2D eigenvalue weighted by Crippen LogP contribution is 2.30. The summed E-state index contributed by atoms with van der Waals surface area (Å²) in [5, 5.41) is 1.79. The number of rotatable bonds is 10. The van der Waals surface area contributed by atoms with Gasteiger partial charge >= 0.3 is 0 Å². The van der Waals surface area contributed by atoms with E-state index < -0.39 is 0 Å². The first-order valence-electron chi connectivity index (χ1n) is 7.84. The largest absolute Gasteiger partial charge is 0.336 e. The van der Waals surface area contributed by atoms with Crippen LogP contribution in [0.5, 0.6) is 0 Å². The zero-order chi connectivity index (χ0) is 16.5. The Morgan fingerprint density at radius 3 is 2.78 bits per heavy atom. The van der Waals surface area contributed by atoms with Crippen LogP contribution in [0.3, 0.4) is 0 Å². The highest BCUT2D eigenvalue weighted by molar-refractivity contribution is 8.03. The van der Waals surface area contributed by atoms with Crippen molar-refractivity contribution in [3.8, 4) is 0 Å². The maximum atomic E-state index is 6.10. The van der Waals surface area contributed by atoms with Crippen LogP contribution < -0.4 is 0 Å². The predicted octanol–water partition coefficient (Wildman–Crippen LogP) is 6.27. The molecule has 0 aliphatic heterocycles. The lowest BCUT2D eigenvalue weighted by molar-refractivity contribution is 0.693. The molecule has 0 radical (unpaired) electrons. The standard InChI is InChI=1S/C17H22Cl2N2S2/c1-2-3-4-9-22-15(11-21-8-7-20-13-21)12-23-14-5-6-16(18)17(19)10-14/h5-8,10,13,15H,2-4,9,11-12H2,1H3. The highest BCUT2D eigenvalue weighted by atomic mass is 35.5. The average molecular weight is 389 g/mol. The number of thioether (sulfide) groups is 2. The summed E-state index contributed by atoms with van der Waals surface area (Å²) in [6.07, 6.45) is 9.63. The summed E-state index contributed by atoms with van der Waals surface area (Å²) in [4.78, 5) is 5.31. The number of halogens is 2. The summed E-state index contributed by atoms with van der Waals surface area (Å²) in [5.74, 6) is 2.27. The van der Waals surface area contributed by atoms with E-state index >= 15 is 0 Å². The van der Waals surface area contributed by atoms with Crippen molar-refractivity contribution in [3.63, 3.8) is 0 Å². The van der Waals surface area contributed by atoms with E-state index in [0.29, 0.717) is 15.3 Å². The number of hydrogen-bond donors (Lipinski definition) is 0. The number of hydrogen-bond acceptors (Lipinski definition) is 3. The van der Waals surface area contributed by atoms with Gasteiger partial charge in [0.2, 0.25) is 0 Å². The topological polar surface area (TPSA) is 17.8 Å². The molecule has 1 unspecified atom stereocenters. The van der Waals surface area contributed by atoms with Gasteiger partial charge in [0, 0.05) is 34.8 Å². The van der Waals surface area contributed by atoms with Crippen molar-refractivity contribution in [1.29, 1.82) is 0 Å². The molecule has 0 saturated carbocycles. The first-order valence-corrected chi connectivity index (χ1v) is 10.6. The van der Waals surface area contributed by atoms with Gasteiger partial charge in [-0.15, -0.1) is 11.8 Å². The van der Waals surface area contributed by atoms with Crippen molar-refractivity contribution < 1.29 is 0 Å². The summed E-state index contributed by atoms with van der Waals surface area (Å²) >= 11 is 16.0. The second kappa shape index (κ2) is 10.5. The minimum Gasteiger partial charge on any atom is -0.336 e. The second-order valence-electron chi connectivity index (χ2n) is 5.35. The molecule has 1 atom stereocenters. The van der Waals surface area contributed by atoms with Crippen LogP contribution in [0.25, 0.3) is 0 Å². The molecule has 1 heterocycles. The van der Waals surface area contributed by atoms with Gasteiger partial charge in [-0.2, -0.15) is 11.8 Å². The molecule has 2 aromatic rings. The van der Waals surface area contributed by atoms with Crippen LogP contribution in [0.4, 0.5) is 0 Å². The normalized spacial score (nSPS) is 12.5. The van der Waals surface area contributed by atoms with Crippen molar-refractivity contribution in [3.05, 3.63) is 47.0 Å². The van der Waals surface area contributed by atoms with Crippen LogP contribution in [0, 0.1) is 0 Å². The van der Waals surface area contributed by atoms with Crippen LogP contribution in [-0.2, 0) is 6.54 Å². The Bertz CT molecular complexity index is 576. The Morgan fingerprint density at radius 2 is 2.09 bits per heavy atom. The molecule has 0 N–H and O–H groups in total. The van der Waals surface area contributed by atoms with Crippen molar-refractivity contribution >= 4 is 46.7 Å². The van der Waals surface area contributed by atoms with E-state index in [4.69, 9.17) is 23.2 Å². The minimum absolute atomic E-state index is 0.556. The lowest BCUT2D eigenvalue weighted by atomic mass is 10.3. The zero-order valence-electron chi connectivity index (χ0n) is 13.3. The Kier molecular flexibility index (Phi) is 8.73. The van der Waals surface area contributed by atoms with Gasteiger partial charge in [-0.25, -0.2) is 4.98 Å². The molecule has 0 amide bonds. The second-order valence-corrected chi connectivity index (χ2v) is 8.66. The van der Waals surface area contributed by atoms with Gasteiger partial charge in [-0.1, -0.05) is 43.0 Å². The minimum atomic E-state index is 0.556. The molecule has 126 valence electrons. The Labute approximate surface area is 157 Å². The summed E-state index contributed by atoms with van der Waals surface area (Å²) in [5.41, 5.74) is 0. The molecule has 6 heteroatoms. The fourth-order valence-electron chi connectivity index (χ4n) is 2.14. The number of nitrogens with zero attached hydrogens (tertiary/aromatic N) is 2. The van der Waals surface area contributed by atoms with Crippen LogP contribution in [0.15, 0.2) is 41.8 Å². The van der Waals surface area contributed by atoms with E-state index in [2.05, 4.69) is 28.2 Å². The van der Waals surface area contributed by atoms with Gasteiger partial charge in [0.05, 0.1) is 16.4 Å². The molecule has 1 aromatic carbocycles. The van der Waals surface area contributed by atoms with Crippen LogP contribution in [0.2, 0.25) is 10.0 Å². The third kappa shape index (κ3) is 7.00. The fraction of sp³-hybridized carbons (Fsp3) is 0.471. The Morgan fingerprint density at radius 1 is 1.22 bits per heavy atom. The zero-order valence-corrected chi connectivity index (χ0v) is 16.4. The maximum Gasteiger partial charge on any atom is 0.0946 e. The number of unbranched alkanes of at least 4 members (excludes halogenated alkanes) is 2. The quantitative estimate of drug-likeness (QED) is 0.352. The molecule has 0 aliphatic carbocycles. The number of imidazole rings is 1. The van der Waals surface area contributed by atoms with Crippen molar-refractivity contribution in [1.82, 2.24) is 9.55 Å². The maximum absolute atomic E-state index is 6.10. The van der Waals surface area contributed by atoms with Gasteiger partial charge in [-0.3, -0.25) is 0 Å². The van der Waals surface area contributed by atoms with Gasteiger partial charge < -0.3 is 4.57 Å². The SMILES string of the molecule is CCCCCSC(CSc1ccc(Cl)c(Cl)c1)Cn1ccnc1. The fourth-order valence-corrected chi connectivity index (χ4v) is 4.92. The van der Waals surface area contributed by atoms with E-state index in [1.54, 1.807) is 0 Å². The summed E-state index contributed by atoms with van der Waals surface area (Å²) in [6.45, 7) is 3.24. The van der Waals surface area contributed by atoms with Crippen LogP contribution in [-0.4, -0.2) is 26.3 Å². The number of benzene rings is 1. The molecule has 0 aliphatic rings. The van der Waals surface area contributed by atoms with E-state index in [9.17, 15) is 0 Å². The lowest BCUT2D eigenvalue weighted by Gasteiger charge is -2.17. The predicted molar refractivity (Wildman–Crippen MR) is 105 cm³/mol. The smallest absolute Gasteiger partial charge is 0.0946 e. The monoisotopic (exact) mass is 388 g/mol. The number of aromatic nitrogens is 2. The van der Waals surface area contributed by atoms with E-state index in [1.807, 2.05) is 48.7 Å². The lowest BCUT2D eigenvalue weighted by Crippen LogP contribution is -2.15. The third-order valence-corrected chi connectivity index (χ3v) is 6.82. The Balaban J connectivity index is 1.88. The van der Waals surface area contributed by atoms with Gasteiger partial charge in [-0.05, 0) is 30.4 Å². The van der Waals surface area contributed by atoms with Crippen LogP contribution >= 0.6 is 46.7 Å². The first-order chi connectivity index (χ1) is 11.2. The van der Waals surface area contributed by atoms with E-state index in [1.165, 1.54) is 29.9 Å². The van der Waals surface area contributed by atoms with Crippen LogP contribution in [0.1, 0.15) is 26.2 Å². The van der Waals surface area contributed by atoms with Crippen molar-refractivity contribution in [2.24, 2.45) is 0 Å². The highest BCUT2D eigenvalue weighted by Gasteiger charge is 2.11. The summed E-state index contributed by atoms with van der Waals surface area (Å²) in [7, 11) is 0. The van der Waals surface area contributed by atoms with Crippen molar-refractivity contribution in [2.45, 2.75) is 42.9 Å². The van der Waals surface area contributed by atoms with E-state index in [-0.39, 0.29) is 0 Å². The summed E-state index contributed by atoms with van der Waals surface area (Å²) < 4.78 is 2.16. The molecule has 0 spiro atoms. The molecule has 1 aromatic heterocycles. The molecule has 0 fully saturated rings. The first kappa shape index (κ1) is 19.0. The third-order valence-electron chi connectivity index (χ3n) is 3.40. The molecule has 2 rings (SSSR count). The van der Waals surface area contributed by atoms with Gasteiger partial charge in [0.15, 0.2) is 0 Å². The Hall–Kier alpha value is -0.290. The molecule has 23 heavy (non-hydrogen) atoms. The molecular formula is C17H22Cl2N2S2. The average Bonchev–Trinajstić information content (AvgIpc) is 3.05. The molecular weight excluding hydrogens is 367 g/mol. The van der Waals surface area contributed by atoms with Gasteiger partial charge in [0.25, 0.3) is 0 Å². The summed E-state index contributed by atoms with van der Waals surface area (Å²) in [6, 6.07) is 5.85.